The molecule has 0 radical (unpaired) electrons. The third-order valence-electron chi connectivity index (χ3n) is 4.95. The average molecular weight is 466 g/mol. The second-order valence-electron chi connectivity index (χ2n) is 7.07. The highest BCUT2D eigenvalue weighted by atomic mass is 32.2. The van der Waals surface area contributed by atoms with Crippen LogP contribution in [-0.4, -0.2) is 45.2 Å². The van der Waals surface area contributed by atoms with E-state index in [2.05, 4.69) is 34.3 Å². The fourth-order valence-electron chi connectivity index (χ4n) is 3.21. The number of aromatic nitrogens is 1. The number of amides is 1. The van der Waals surface area contributed by atoms with E-state index in [0.29, 0.717) is 0 Å². The first-order chi connectivity index (χ1) is 16.0. The van der Waals surface area contributed by atoms with Gasteiger partial charge in [0.15, 0.2) is 0 Å². The van der Waals surface area contributed by atoms with E-state index in [4.69, 9.17) is 0 Å². The first-order valence-corrected chi connectivity index (χ1v) is 12.1. The number of nitrogens with one attached hydrogen (secondary N) is 1. The Morgan fingerprint density at radius 3 is 2.24 bits per heavy atom. The van der Waals surface area contributed by atoms with Crippen molar-refractivity contribution in [1.82, 2.24) is 10.4 Å². The molecule has 0 unspecified atom stereocenters. The van der Waals surface area contributed by atoms with Crippen LogP contribution in [0.5, 0.6) is 0 Å². The monoisotopic (exact) mass is 465 g/mol. The molecule has 0 atom stereocenters. The Bertz CT molecular complexity index is 1160. The van der Waals surface area contributed by atoms with Crippen molar-refractivity contribution in [3.05, 3.63) is 84.6 Å². The van der Waals surface area contributed by atoms with Gasteiger partial charge in [0.2, 0.25) is 0 Å². The average Bonchev–Trinajstić information content (AvgIpc) is 2.85. The summed E-state index contributed by atoms with van der Waals surface area (Å²) in [6.07, 6.45) is 2.99. The number of sulfonamides is 1. The molecule has 0 aliphatic rings. The summed E-state index contributed by atoms with van der Waals surface area (Å²) >= 11 is 0. The third kappa shape index (κ3) is 6.17. The van der Waals surface area contributed by atoms with Crippen molar-refractivity contribution in [1.29, 1.82) is 0 Å². The predicted molar refractivity (Wildman–Crippen MR) is 131 cm³/mol. The second-order valence-corrected chi connectivity index (χ2v) is 8.93. The van der Waals surface area contributed by atoms with E-state index in [-0.39, 0.29) is 10.7 Å². The van der Waals surface area contributed by atoms with Gasteiger partial charge in [-0.05, 0) is 55.8 Å². The number of hydrogen-bond donors (Lipinski definition) is 1. The van der Waals surface area contributed by atoms with Crippen LogP contribution in [0.2, 0.25) is 0 Å². The van der Waals surface area contributed by atoms with Gasteiger partial charge < -0.3 is 4.90 Å². The number of hydrazone groups is 1. The number of benzene rings is 2. The Kier molecular flexibility index (Phi) is 8.15. The lowest BCUT2D eigenvalue weighted by molar-refractivity contribution is -0.119. The van der Waals surface area contributed by atoms with Crippen LogP contribution < -0.4 is 14.6 Å². The van der Waals surface area contributed by atoms with Crippen molar-refractivity contribution in [3.63, 3.8) is 0 Å². The molecule has 0 saturated carbocycles. The molecule has 0 aliphatic heterocycles. The highest BCUT2D eigenvalue weighted by molar-refractivity contribution is 7.92. The first kappa shape index (κ1) is 23.9. The van der Waals surface area contributed by atoms with Crippen LogP contribution in [0.4, 0.5) is 11.5 Å². The minimum atomic E-state index is -3.99. The molecule has 0 saturated heterocycles. The van der Waals surface area contributed by atoms with E-state index in [1.807, 2.05) is 24.3 Å². The molecule has 3 aromatic rings. The fraction of sp³-hybridized carbons (Fsp3) is 0.208. The second kappa shape index (κ2) is 11.2. The summed E-state index contributed by atoms with van der Waals surface area (Å²) in [5, 5.41) is 3.98. The van der Waals surface area contributed by atoms with Crippen LogP contribution in [0.1, 0.15) is 19.4 Å². The van der Waals surface area contributed by atoms with Gasteiger partial charge in [0.25, 0.3) is 15.9 Å². The van der Waals surface area contributed by atoms with Crippen LogP contribution in [0.15, 0.2) is 89.0 Å². The summed E-state index contributed by atoms with van der Waals surface area (Å²) in [6, 6.07) is 20.6. The summed E-state index contributed by atoms with van der Waals surface area (Å²) in [5.41, 5.74) is 4.32. The van der Waals surface area contributed by atoms with E-state index in [9.17, 15) is 13.2 Å². The highest BCUT2D eigenvalue weighted by Gasteiger charge is 2.27. The molecule has 9 heteroatoms. The maximum absolute atomic E-state index is 13.2. The number of carbonyl (C=O) groups excluding carboxylic acids is 1. The smallest absolute Gasteiger partial charge is 0.265 e. The SMILES string of the molecule is CCN(CC)c1ccc(/C=N\NC(=O)CN(c2ccccn2)S(=O)(=O)c2ccccc2)cc1. The number of anilines is 2. The van der Waals surface area contributed by atoms with Crippen LogP contribution in [0.3, 0.4) is 0 Å². The van der Waals surface area contributed by atoms with Crippen LogP contribution in [-0.2, 0) is 14.8 Å². The zero-order valence-corrected chi connectivity index (χ0v) is 19.4. The number of pyridine rings is 1. The number of carbonyl (C=O) groups is 1. The molecule has 1 aromatic heterocycles. The summed E-state index contributed by atoms with van der Waals surface area (Å²) in [6.45, 7) is 5.56. The van der Waals surface area contributed by atoms with Crippen molar-refractivity contribution in [2.24, 2.45) is 5.10 Å². The van der Waals surface area contributed by atoms with Crippen molar-refractivity contribution in [3.8, 4) is 0 Å². The number of rotatable bonds is 10. The molecule has 1 N–H and O–H groups in total. The summed E-state index contributed by atoms with van der Waals surface area (Å²) in [5.74, 6) is -0.441. The predicted octanol–water partition coefficient (Wildman–Crippen LogP) is 3.27. The zero-order chi connectivity index (χ0) is 23.7. The van der Waals surface area contributed by atoms with Crippen LogP contribution >= 0.6 is 0 Å². The Balaban J connectivity index is 1.72. The Morgan fingerprint density at radius 2 is 1.64 bits per heavy atom. The van der Waals surface area contributed by atoms with Gasteiger partial charge in [-0.25, -0.2) is 23.1 Å². The maximum Gasteiger partial charge on any atom is 0.265 e. The molecule has 0 spiro atoms. The van der Waals surface area contributed by atoms with Crippen molar-refractivity contribution in [2.75, 3.05) is 28.8 Å². The number of nitrogens with zero attached hydrogens (tertiary/aromatic N) is 4. The Labute approximate surface area is 194 Å². The van der Waals surface area contributed by atoms with E-state index in [1.165, 1.54) is 30.6 Å². The highest BCUT2D eigenvalue weighted by Crippen LogP contribution is 2.21. The molecule has 0 fully saturated rings. The molecular weight excluding hydrogens is 438 g/mol. The lowest BCUT2D eigenvalue weighted by atomic mass is 10.2. The molecule has 1 amide bonds. The van der Waals surface area contributed by atoms with Gasteiger partial charge in [-0.15, -0.1) is 0 Å². The van der Waals surface area contributed by atoms with Crippen molar-refractivity contribution in [2.45, 2.75) is 18.7 Å². The topological polar surface area (TPSA) is 95.0 Å². The molecule has 1 heterocycles. The largest absolute Gasteiger partial charge is 0.372 e. The molecule has 0 bridgehead atoms. The lowest BCUT2D eigenvalue weighted by Crippen LogP contribution is -2.40. The Hall–Kier alpha value is -3.72. The van der Waals surface area contributed by atoms with Gasteiger partial charge >= 0.3 is 0 Å². The maximum atomic E-state index is 13.2. The Morgan fingerprint density at radius 1 is 0.970 bits per heavy atom. The van der Waals surface area contributed by atoms with Gasteiger partial charge in [-0.1, -0.05) is 36.4 Å². The molecule has 0 aliphatic carbocycles. The molecule has 172 valence electrons. The summed E-state index contributed by atoms with van der Waals surface area (Å²) in [7, 11) is -3.99. The lowest BCUT2D eigenvalue weighted by Gasteiger charge is -2.22. The molecule has 3 rings (SSSR count). The summed E-state index contributed by atoms with van der Waals surface area (Å²) in [4.78, 5) is 19.0. The van der Waals surface area contributed by atoms with Crippen molar-refractivity contribution >= 4 is 33.7 Å². The fourth-order valence-corrected chi connectivity index (χ4v) is 4.61. The van der Waals surface area contributed by atoms with Crippen LogP contribution in [0, 0.1) is 0 Å². The first-order valence-electron chi connectivity index (χ1n) is 10.6. The molecular formula is C24H27N5O3S. The van der Waals surface area contributed by atoms with Gasteiger partial charge in [-0.2, -0.15) is 5.10 Å². The van der Waals surface area contributed by atoms with Crippen molar-refractivity contribution < 1.29 is 13.2 Å². The minimum Gasteiger partial charge on any atom is -0.372 e. The van der Waals surface area contributed by atoms with E-state index in [0.717, 1.165) is 28.6 Å². The van der Waals surface area contributed by atoms with Gasteiger partial charge in [0.05, 0.1) is 11.1 Å². The summed E-state index contributed by atoms with van der Waals surface area (Å²) < 4.78 is 27.3. The van der Waals surface area contributed by atoms with Gasteiger partial charge in [0, 0.05) is 25.0 Å². The van der Waals surface area contributed by atoms with E-state index < -0.39 is 22.5 Å². The standard InChI is InChI=1S/C24H27N5O3S/c1-3-28(4-2)21-15-13-20(14-16-21)18-26-27-24(30)19-29(23-12-8-9-17-25-23)33(31,32)22-10-6-5-7-11-22/h5-18H,3-4,19H2,1-2H3,(H,27,30)/b26-18-. The van der Waals surface area contributed by atoms with Crippen LogP contribution in [0.25, 0.3) is 0 Å². The van der Waals surface area contributed by atoms with Gasteiger partial charge in [-0.3, -0.25) is 4.79 Å². The normalized spacial score (nSPS) is 11.3. The zero-order valence-electron chi connectivity index (χ0n) is 18.6. The molecule has 8 nitrogen and oxygen atoms in total. The number of hydrogen-bond acceptors (Lipinski definition) is 6. The quantitative estimate of drug-likeness (QED) is 0.366. The van der Waals surface area contributed by atoms with E-state index in [1.54, 1.807) is 30.3 Å². The molecule has 2 aromatic carbocycles. The minimum absolute atomic E-state index is 0.0697. The molecule has 33 heavy (non-hydrogen) atoms. The van der Waals surface area contributed by atoms with Gasteiger partial charge in [0.1, 0.15) is 12.4 Å². The third-order valence-corrected chi connectivity index (χ3v) is 6.71. The van der Waals surface area contributed by atoms with E-state index >= 15 is 0 Å².